The van der Waals surface area contributed by atoms with Crippen LogP contribution >= 0.6 is 11.5 Å². The van der Waals surface area contributed by atoms with Crippen LogP contribution in [0.2, 0.25) is 0 Å². The van der Waals surface area contributed by atoms with E-state index in [0.29, 0.717) is 16.3 Å². The van der Waals surface area contributed by atoms with Gasteiger partial charge in [-0.15, -0.1) is 5.10 Å². The molecule has 3 aromatic rings. The Bertz CT molecular complexity index is 851. The number of nitro groups is 1. The number of phenolic OH excluding ortho intramolecular Hbond substituents is 2. The minimum Gasteiger partial charge on any atom is -0.504 e. The van der Waals surface area contributed by atoms with E-state index in [1.807, 2.05) is 0 Å². The zero-order chi connectivity index (χ0) is 15.7. The minimum absolute atomic E-state index is 0.274. The topological polar surface area (TPSA) is 122 Å². The zero-order valence-electron chi connectivity index (χ0n) is 10.9. The van der Waals surface area contributed by atoms with Crippen LogP contribution in [0.15, 0.2) is 36.5 Å². The second kappa shape index (κ2) is 5.37. The van der Waals surface area contributed by atoms with Gasteiger partial charge in [-0.2, -0.15) is 0 Å². The van der Waals surface area contributed by atoms with Crippen LogP contribution in [0.5, 0.6) is 11.5 Å². The van der Waals surface area contributed by atoms with E-state index in [-0.39, 0.29) is 5.56 Å². The predicted molar refractivity (Wildman–Crippen MR) is 78.6 cm³/mol. The Balaban J connectivity index is 2.18. The van der Waals surface area contributed by atoms with Crippen molar-refractivity contribution in [2.75, 3.05) is 0 Å². The maximum atomic E-state index is 10.9. The summed E-state index contributed by atoms with van der Waals surface area (Å²) in [5, 5.41) is 34.1. The number of nitrogens with zero attached hydrogens (tertiary/aromatic N) is 4. The monoisotopic (exact) mass is 316 g/mol. The third-order valence-corrected chi connectivity index (χ3v) is 3.67. The molecule has 2 N–H and O–H groups in total. The molecule has 0 aliphatic rings. The molecule has 9 heteroatoms. The van der Waals surface area contributed by atoms with Gasteiger partial charge in [0, 0.05) is 17.8 Å². The number of hydrogen-bond acceptors (Lipinski definition) is 8. The van der Waals surface area contributed by atoms with Crippen molar-refractivity contribution in [1.29, 1.82) is 0 Å². The first-order valence-electron chi connectivity index (χ1n) is 6.02. The molecule has 0 radical (unpaired) electrons. The van der Waals surface area contributed by atoms with Crippen LogP contribution in [0.3, 0.4) is 0 Å². The van der Waals surface area contributed by atoms with Gasteiger partial charge in [-0.3, -0.25) is 15.1 Å². The van der Waals surface area contributed by atoms with Crippen LogP contribution in [-0.2, 0) is 0 Å². The van der Waals surface area contributed by atoms with Crippen molar-refractivity contribution in [2.24, 2.45) is 0 Å². The summed E-state index contributed by atoms with van der Waals surface area (Å²) in [4.78, 5) is 15.0. The Morgan fingerprint density at radius 1 is 1.23 bits per heavy atom. The highest BCUT2D eigenvalue weighted by Gasteiger charge is 2.22. The average molecular weight is 316 g/mol. The van der Waals surface area contributed by atoms with Crippen molar-refractivity contribution >= 4 is 17.2 Å². The first-order chi connectivity index (χ1) is 10.6. The van der Waals surface area contributed by atoms with Gasteiger partial charge in [-0.05, 0) is 29.7 Å². The lowest BCUT2D eigenvalue weighted by molar-refractivity contribution is -0.385. The maximum Gasteiger partial charge on any atom is 0.315 e. The second-order valence-electron chi connectivity index (χ2n) is 4.29. The molecule has 1 aromatic carbocycles. The van der Waals surface area contributed by atoms with Crippen molar-refractivity contribution in [3.63, 3.8) is 0 Å². The highest BCUT2D eigenvalue weighted by Crippen LogP contribution is 2.41. The van der Waals surface area contributed by atoms with E-state index in [9.17, 15) is 20.3 Å². The van der Waals surface area contributed by atoms with Crippen LogP contribution in [0.1, 0.15) is 0 Å². The molecule has 0 unspecified atom stereocenters. The lowest BCUT2D eigenvalue weighted by Gasteiger charge is -2.04. The summed E-state index contributed by atoms with van der Waals surface area (Å²) in [5.74, 6) is -1.37. The molecule has 0 spiro atoms. The van der Waals surface area contributed by atoms with E-state index in [0.717, 1.165) is 17.6 Å². The van der Waals surface area contributed by atoms with Crippen molar-refractivity contribution in [1.82, 2.24) is 14.6 Å². The van der Waals surface area contributed by atoms with E-state index in [1.54, 1.807) is 24.4 Å². The molecule has 0 bridgehead atoms. The van der Waals surface area contributed by atoms with Crippen LogP contribution in [0.4, 0.5) is 5.69 Å². The molecule has 0 amide bonds. The summed E-state index contributed by atoms with van der Waals surface area (Å²) in [6, 6.07) is 7.65. The quantitative estimate of drug-likeness (QED) is 0.432. The molecule has 0 atom stereocenters. The van der Waals surface area contributed by atoms with Gasteiger partial charge in [-0.25, -0.2) is 0 Å². The van der Waals surface area contributed by atoms with E-state index >= 15 is 0 Å². The standard InChI is InChI=1S/C13H8N4O4S/c18-10-6-7(5-9(12(10)19)17(20)21)11-13(22-16-15-11)8-3-1-2-4-14-8/h1-6,18-19H. The van der Waals surface area contributed by atoms with E-state index in [1.165, 1.54) is 6.07 Å². The second-order valence-corrected chi connectivity index (χ2v) is 5.04. The highest BCUT2D eigenvalue weighted by atomic mass is 32.1. The van der Waals surface area contributed by atoms with Gasteiger partial charge in [0.15, 0.2) is 5.75 Å². The third-order valence-electron chi connectivity index (χ3n) is 2.93. The Labute approximate surface area is 127 Å². The summed E-state index contributed by atoms with van der Waals surface area (Å²) >= 11 is 1.08. The molecule has 0 fully saturated rings. The van der Waals surface area contributed by atoms with Crippen molar-refractivity contribution in [3.05, 3.63) is 46.6 Å². The number of phenols is 2. The first kappa shape index (κ1) is 13.9. The molecule has 3 rings (SSSR count). The molecular weight excluding hydrogens is 308 g/mol. The maximum absolute atomic E-state index is 10.9. The molecule has 0 aliphatic heterocycles. The molecule has 110 valence electrons. The van der Waals surface area contributed by atoms with E-state index in [2.05, 4.69) is 14.6 Å². The average Bonchev–Trinajstić information content (AvgIpc) is 3.00. The fourth-order valence-corrected chi connectivity index (χ4v) is 2.59. The number of benzene rings is 1. The van der Waals surface area contributed by atoms with E-state index in [4.69, 9.17) is 0 Å². The lowest BCUT2D eigenvalue weighted by Crippen LogP contribution is -1.91. The number of rotatable bonds is 3. The molecule has 22 heavy (non-hydrogen) atoms. The molecule has 0 saturated heterocycles. The summed E-state index contributed by atoms with van der Waals surface area (Å²) in [7, 11) is 0. The molecule has 0 aliphatic carbocycles. The summed E-state index contributed by atoms with van der Waals surface area (Å²) in [6.07, 6.45) is 1.61. The van der Waals surface area contributed by atoms with Crippen LogP contribution < -0.4 is 0 Å². The number of aromatic nitrogens is 3. The zero-order valence-corrected chi connectivity index (χ0v) is 11.7. The normalized spacial score (nSPS) is 10.5. The Kier molecular flexibility index (Phi) is 3.39. The number of pyridine rings is 1. The van der Waals surface area contributed by atoms with Gasteiger partial charge in [0.05, 0.1) is 10.6 Å². The fourth-order valence-electron chi connectivity index (χ4n) is 1.92. The molecule has 2 heterocycles. The fraction of sp³-hybridized carbons (Fsp3) is 0. The van der Waals surface area contributed by atoms with Crippen LogP contribution in [-0.4, -0.2) is 29.7 Å². The molecule has 0 saturated carbocycles. The number of nitro benzene ring substituents is 1. The van der Waals surface area contributed by atoms with Crippen LogP contribution in [0, 0.1) is 10.1 Å². The third kappa shape index (κ3) is 2.33. The smallest absolute Gasteiger partial charge is 0.315 e. The summed E-state index contributed by atoms with van der Waals surface area (Å²) in [6.45, 7) is 0. The SMILES string of the molecule is O=[N+]([O-])c1cc(-c2nnsc2-c2ccccn2)cc(O)c1O. The largest absolute Gasteiger partial charge is 0.504 e. The van der Waals surface area contributed by atoms with Crippen LogP contribution in [0.25, 0.3) is 21.8 Å². The Hall–Kier alpha value is -3.07. The molecular formula is C13H8N4O4S. The van der Waals surface area contributed by atoms with Crippen molar-refractivity contribution < 1.29 is 15.1 Å². The number of aromatic hydroxyl groups is 2. The van der Waals surface area contributed by atoms with Crippen molar-refractivity contribution in [3.8, 4) is 33.3 Å². The predicted octanol–water partition coefficient (Wildman–Crippen LogP) is 2.59. The first-order valence-corrected chi connectivity index (χ1v) is 6.79. The van der Waals surface area contributed by atoms with Gasteiger partial charge in [0.2, 0.25) is 5.75 Å². The molecule has 2 aromatic heterocycles. The summed E-state index contributed by atoms with van der Waals surface area (Å²) in [5.41, 5.74) is 0.635. The van der Waals surface area contributed by atoms with Gasteiger partial charge in [0.25, 0.3) is 0 Å². The number of hydrogen-bond donors (Lipinski definition) is 2. The van der Waals surface area contributed by atoms with Gasteiger partial charge >= 0.3 is 5.69 Å². The van der Waals surface area contributed by atoms with E-state index < -0.39 is 22.1 Å². The Morgan fingerprint density at radius 3 is 2.73 bits per heavy atom. The van der Waals surface area contributed by atoms with Crippen molar-refractivity contribution in [2.45, 2.75) is 0 Å². The van der Waals surface area contributed by atoms with Gasteiger partial charge in [0.1, 0.15) is 10.6 Å². The Morgan fingerprint density at radius 2 is 2.05 bits per heavy atom. The van der Waals surface area contributed by atoms with Gasteiger partial charge < -0.3 is 10.2 Å². The van der Waals surface area contributed by atoms with Gasteiger partial charge in [-0.1, -0.05) is 10.6 Å². The highest BCUT2D eigenvalue weighted by molar-refractivity contribution is 7.09. The lowest BCUT2D eigenvalue weighted by atomic mass is 10.1. The molecule has 8 nitrogen and oxygen atoms in total. The summed E-state index contributed by atoms with van der Waals surface area (Å²) < 4.78 is 3.84. The minimum atomic E-state index is -0.781.